The minimum Gasteiger partial charge on any atom is -0.369 e. The molecule has 2 nitrogen and oxygen atoms in total. The highest BCUT2D eigenvalue weighted by Gasteiger charge is 2.19. The minimum atomic E-state index is -0.0795. The van der Waals surface area contributed by atoms with Gasteiger partial charge in [-0.15, -0.1) is 0 Å². The van der Waals surface area contributed by atoms with Crippen LogP contribution in [0.2, 0.25) is 0 Å². The molecule has 0 spiro atoms. The Morgan fingerprint density at radius 2 is 2.09 bits per heavy atom. The van der Waals surface area contributed by atoms with Gasteiger partial charge in [-0.05, 0) is 62.3 Å². The number of halogens is 1. The van der Waals surface area contributed by atoms with Crippen LogP contribution in [0.1, 0.15) is 58.6 Å². The molecule has 1 aliphatic rings. The maximum Gasteiger partial charge on any atom is 0.146 e. The van der Waals surface area contributed by atoms with E-state index in [2.05, 4.69) is 44.0 Å². The summed E-state index contributed by atoms with van der Waals surface area (Å²) in [6.45, 7) is 11.7. The van der Waals surface area contributed by atoms with Gasteiger partial charge in [0.1, 0.15) is 5.82 Å². The van der Waals surface area contributed by atoms with E-state index < -0.39 is 0 Å². The summed E-state index contributed by atoms with van der Waals surface area (Å²) in [7, 11) is 0. The third-order valence-electron chi connectivity index (χ3n) is 4.64. The quantitative estimate of drug-likeness (QED) is 0.815. The lowest BCUT2D eigenvalue weighted by Gasteiger charge is -2.33. The fourth-order valence-corrected chi connectivity index (χ4v) is 3.16. The molecule has 1 fully saturated rings. The van der Waals surface area contributed by atoms with Crippen molar-refractivity contribution in [2.45, 2.75) is 53.0 Å². The van der Waals surface area contributed by atoms with Crippen molar-refractivity contribution in [1.82, 2.24) is 5.32 Å². The lowest BCUT2D eigenvalue weighted by molar-refractivity contribution is 0.441. The normalized spacial score (nSPS) is 20.5. The summed E-state index contributed by atoms with van der Waals surface area (Å²) < 4.78 is 14.5. The van der Waals surface area contributed by atoms with Crippen LogP contribution in [0.4, 0.5) is 10.1 Å². The van der Waals surface area contributed by atoms with Gasteiger partial charge < -0.3 is 10.2 Å². The molecule has 0 amide bonds. The van der Waals surface area contributed by atoms with Crippen LogP contribution in [0.25, 0.3) is 0 Å². The van der Waals surface area contributed by atoms with Gasteiger partial charge in [-0.3, -0.25) is 0 Å². The van der Waals surface area contributed by atoms with Crippen LogP contribution in [0.5, 0.6) is 0 Å². The first-order valence-corrected chi connectivity index (χ1v) is 8.75. The number of rotatable bonds is 6. The fourth-order valence-electron chi connectivity index (χ4n) is 3.16. The van der Waals surface area contributed by atoms with Crippen LogP contribution in [0.3, 0.4) is 0 Å². The Labute approximate surface area is 135 Å². The Morgan fingerprint density at radius 1 is 1.32 bits per heavy atom. The van der Waals surface area contributed by atoms with Crippen LogP contribution in [-0.2, 0) is 0 Å². The van der Waals surface area contributed by atoms with E-state index >= 15 is 0 Å². The van der Waals surface area contributed by atoms with Crippen LogP contribution >= 0.6 is 0 Å². The average Bonchev–Trinajstić information content (AvgIpc) is 2.46. The number of hydrogen-bond donors (Lipinski definition) is 1. The molecule has 124 valence electrons. The number of piperidine rings is 1. The van der Waals surface area contributed by atoms with Gasteiger partial charge in [-0.1, -0.05) is 26.8 Å². The zero-order chi connectivity index (χ0) is 16.1. The molecule has 0 saturated carbocycles. The molecule has 2 rings (SSSR count). The predicted molar refractivity (Wildman–Crippen MR) is 92.9 cm³/mol. The summed E-state index contributed by atoms with van der Waals surface area (Å²) in [6, 6.07) is 5.94. The molecule has 0 unspecified atom stereocenters. The third-order valence-corrected chi connectivity index (χ3v) is 4.64. The first kappa shape index (κ1) is 17.3. The van der Waals surface area contributed by atoms with Crippen molar-refractivity contribution in [1.29, 1.82) is 0 Å². The van der Waals surface area contributed by atoms with Crippen molar-refractivity contribution >= 4 is 5.69 Å². The molecule has 1 aliphatic heterocycles. The van der Waals surface area contributed by atoms with E-state index in [-0.39, 0.29) is 11.9 Å². The predicted octanol–water partition coefficient (Wildman–Crippen LogP) is 4.76. The van der Waals surface area contributed by atoms with E-state index in [1.165, 1.54) is 6.42 Å². The first-order valence-electron chi connectivity index (χ1n) is 8.75. The highest BCUT2D eigenvalue weighted by atomic mass is 19.1. The second kappa shape index (κ2) is 7.96. The number of nitrogens with one attached hydrogen (secondary N) is 1. The van der Waals surface area contributed by atoms with E-state index in [1.54, 1.807) is 6.07 Å². The van der Waals surface area contributed by atoms with Crippen LogP contribution in [-0.4, -0.2) is 19.6 Å². The van der Waals surface area contributed by atoms with Crippen LogP contribution < -0.4 is 10.2 Å². The van der Waals surface area contributed by atoms with Gasteiger partial charge in [0.15, 0.2) is 0 Å². The Morgan fingerprint density at radius 3 is 2.73 bits per heavy atom. The van der Waals surface area contributed by atoms with Gasteiger partial charge in [0, 0.05) is 19.1 Å². The van der Waals surface area contributed by atoms with Crippen LogP contribution in [0, 0.1) is 17.7 Å². The van der Waals surface area contributed by atoms with E-state index in [4.69, 9.17) is 0 Å². The Kier molecular flexibility index (Phi) is 6.25. The van der Waals surface area contributed by atoms with Gasteiger partial charge in [0.25, 0.3) is 0 Å². The number of benzene rings is 1. The molecular formula is C19H31FN2. The Hall–Kier alpha value is -1.09. The molecule has 2 atom stereocenters. The zero-order valence-corrected chi connectivity index (χ0v) is 14.5. The number of anilines is 1. The molecular weight excluding hydrogens is 275 g/mol. The molecule has 0 radical (unpaired) electrons. The zero-order valence-electron chi connectivity index (χ0n) is 14.5. The summed E-state index contributed by atoms with van der Waals surface area (Å²) in [5, 5.41) is 3.48. The molecule has 0 bridgehead atoms. The maximum absolute atomic E-state index is 14.5. The fraction of sp³-hybridized carbons (Fsp3) is 0.684. The summed E-state index contributed by atoms with van der Waals surface area (Å²) >= 11 is 0. The molecule has 1 aromatic rings. The van der Waals surface area contributed by atoms with Crippen LogP contribution in [0.15, 0.2) is 18.2 Å². The molecule has 0 aromatic heterocycles. The van der Waals surface area contributed by atoms with Crippen molar-refractivity contribution in [2.24, 2.45) is 11.8 Å². The molecule has 22 heavy (non-hydrogen) atoms. The second-order valence-corrected chi connectivity index (χ2v) is 7.26. The molecule has 1 heterocycles. The molecule has 1 saturated heterocycles. The van der Waals surface area contributed by atoms with E-state index in [0.29, 0.717) is 11.8 Å². The topological polar surface area (TPSA) is 15.3 Å². The van der Waals surface area contributed by atoms with Gasteiger partial charge in [-0.2, -0.15) is 0 Å². The summed E-state index contributed by atoms with van der Waals surface area (Å²) in [5.41, 5.74) is 1.81. The van der Waals surface area contributed by atoms with Gasteiger partial charge in [-0.25, -0.2) is 4.39 Å². The van der Waals surface area contributed by atoms with E-state index in [1.807, 2.05) is 6.07 Å². The van der Waals surface area contributed by atoms with Crippen molar-refractivity contribution in [3.63, 3.8) is 0 Å². The summed E-state index contributed by atoms with van der Waals surface area (Å²) in [6.07, 6.45) is 3.57. The Balaban J connectivity index is 1.99. The Bertz CT molecular complexity index is 473. The van der Waals surface area contributed by atoms with Gasteiger partial charge in [0.05, 0.1) is 5.69 Å². The monoisotopic (exact) mass is 306 g/mol. The number of nitrogens with zero attached hydrogens (tertiary/aromatic N) is 1. The first-order chi connectivity index (χ1) is 10.5. The lowest BCUT2D eigenvalue weighted by Crippen LogP contribution is -2.34. The highest BCUT2D eigenvalue weighted by molar-refractivity contribution is 5.50. The summed E-state index contributed by atoms with van der Waals surface area (Å²) in [5.74, 6) is 1.27. The lowest BCUT2D eigenvalue weighted by atomic mass is 9.99. The van der Waals surface area contributed by atoms with Crippen molar-refractivity contribution in [2.75, 3.05) is 24.5 Å². The third kappa shape index (κ3) is 4.70. The van der Waals surface area contributed by atoms with E-state index in [0.717, 1.165) is 43.7 Å². The van der Waals surface area contributed by atoms with Crippen molar-refractivity contribution < 1.29 is 4.39 Å². The average molecular weight is 306 g/mol. The SMILES string of the molecule is CC(C)CCN[C@H](C)c1ccc(N2CCC[C@@H](C)C2)c(F)c1. The highest BCUT2D eigenvalue weighted by Crippen LogP contribution is 2.27. The van der Waals surface area contributed by atoms with Crippen molar-refractivity contribution in [3.8, 4) is 0 Å². The molecule has 1 N–H and O–H groups in total. The van der Waals surface area contributed by atoms with Gasteiger partial charge in [0.2, 0.25) is 0 Å². The minimum absolute atomic E-state index is 0.0795. The summed E-state index contributed by atoms with van der Waals surface area (Å²) in [4.78, 5) is 2.20. The molecule has 1 aromatic carbocycles. The van der Waals surface area contributed by atoms with Crippen molar-refractivity contribution in [3.05, 3.63) is 29.6 Å². The second-order valence-electron chi connectivity index (χ2n) is 7.26. The smallest absolute Gasteiger partial charge is 0.146 e. The number of hydrogen-bond acceptors (Lipinski definition) is 2. The van der Waals surface area contributed by atoms with Gasteiger partial charge >= 0.3 is 0 Å². The van der Waals surface area contributed by atoms with E-state index in [9.17, 15) is 4.39 Å². The molecule has 3 heteroatoms. The standard InChI is InChI=1S/C19H31FN2/c1-14(2)9-10-21-16(4)17-7-8-19(18(20)12-17)22-11-5-6-15(3)13-22/h7-8,12,14-16,21H,5-6,9-11,13H2,1-4H3/t15-,16-/m1/s1. The molecule has 0 aliphatic carbocycles. The largest absolute Gasteiger partial charge is 0.369 e. The maximum atomic E-state index is 14.5.